The lowest BCUT2D eigenvalue weighted by Gasteiger charge is -2.14. The first-order chi connectivity index (χ1) is 6.93. The second-order valence-corrected chi connectivity index (χ2v) is 4.05. The van der Waals surface area contributed by atoms with Crippen molar-refractivity contribution in [2.45, 2.75) is 38.5 Å². The first-order valence-corrected chi connectivity index (χ1v) is 5.77. The van der Waals surface area contributed by atoms with Gasteiger partial charge in [0.15, 0.2) is 0 Å². The number of hydroxylamine groups is 1. The van der Waals surface area contributed by atoms with Gasteiger partial charge in [-0.3, -0.25) is 4.84 Å². The molecule has 0 aliphatic heterocycles. The Hall–Kier alpha value is -0.120. The second kappa shape index (κ2) is 8.21. The monoisotopic (exact) mass is 201 g/mol. The van der Waals surface area contributed by atoms with Crippen molar-refractivity contribution in [3.05, 3.63) is 0 Å². The molecule has 0 atom stereocenters. The molecule has 0 bridgehead atoms. The third-order valence-corrected chi connectivity index (χ3v) is 2.84. The largest absolute Gasteiger partial charge is 0.382 e. The highest BCUT2D eigenvalue weighted by molar-refractivity contribution is 4.64. The predicted molar refractivity (Wildman–Crippen MR) is 57.0 cm³/mol. The van der Waals surface area contributed by atoms with Crippen LogP contribution < -0.4 is 5.48 Å². The molecule has 1 fully saturated rings. The molecule has 3 nitrogen and oxygen atoms in total. The minimum atomic E-state index is 0.642. The molecule has 0 unspecified atom stereocenters. The van der Waals surface area contributed by atoms with E-state index in [1.54, 1.807) is 7.11 Å². The smallest absolute Gasteiger partial charge is 0.0915 e. The van der Waals surface area contributed by atoms with Crippen LogP contribution in [0.3, 0.4) is 0 Å². The third kappa shape index (κ3) is 5.58. The Balaban J connectivity index is 1.93. The van der Waals surface area contributed by atoms with Gasteiger partial charge < -0.3 is 4.74 Å². The zero-order chi connectivity index (χ0) is 10.1. The normalized spacial score (nSPS) is 19.5. The number of ether oxygens (including phenoxy) is 1. The van der Waals surface area contributed by atoms with Gasteiger partial charge in [-0.1, -0.05) is 25.7 Å². The molecule has 0 spiro atoms. The van der Waals surface area contributed by atoms with Crippen LogP contribution in [0.2, 0.25) is 0 Å². The highest BCUT2D eigenvalue weighted by Gasteiger charge is 2.11. The Morgan fingerprint density at radius 3 is 2.43 bits per heavy atom. The van der Waals surface area contributed by atoms with Crippen LogP contribution in [0.1, 0.15) is 38.5 Å². The molecule has 0 aromatic carbocycles. The molecule has 1 rings (SSSR count). The van der Waals surface area contributed by atoms with Gasteiger partial charge in [0.25, 0.3) is 0 Å². The Labute approximate surface area is 87.1 Å². The molecule has 0 heterocycles. The highest BCUT2D eigenvalue weighted by atomic mass is 16.7. The first kappa shape index (κ1) is 12.0. The lowest BCUT2D eigenvalue weighted by atomic mass is 10.0. The van der Waals surface area contributed by atoms with Gasteiger partial charge in [0.05, 0.1) is 13.2 Å². The van der Waals surface area contributed by atoms with Crippen LogP contribution in [0.25, 0.3) is 0 Å². The van der Waals surface area contributed by atoms with E-state index in [1.807, 2.05) is 0 Å². The van der Waals surface area contributed by atoms with Crippen molar-refractivity contribution in [3.63, 3.8) is 0 Å². The fourth-order valence-electron chi connectivity index (χ4n) is 1.94. The number of methoxy groups -OCH3 is 1. The van der Waals surface area contributed by atoms with Crippen LogP contribution in [0.5, 0.6) is 0 Å². The van der Waals surface area contributed by atoms with Crippen molar-refractivity contribution in [3.8, 4) is 0 Å². The molecule has 1 N–H and O–H groups in total. The first-order valence-electron chi connectivity index (χ1n) is 5.77. The molecular formula is C11H23NO2. The topological polar surface area (TPSA) is 30.5 Å². The SMILES string of the molecule is COCCONCC1CCCCCC1. The lowest BCUT2D eigenvalue weighted by Crippen LogP contribution is -2.24. The molecular weight excluding hydrogens is 178 g/mol. The number of nitrogens with one attached hydrogen (secondary N) is 1. The van der Waals surface area contributed by atoms with E-state index in [4.69, 9.17) is 9.57 Å². The standard InChI is InChI=1S/C11H23NO2/c1-13-8-9-14-12-10-11-6-4-2-3-5-7-11/h11-12H,2-10H2,1H3. The lowest BCUT2D eigenvalue weighted by molar-refractivity contribution is -0.0000453. The maximum Gasteiger partial charge on any atom is 0.0915 e. The molecule has 0 saturated heterocycles. The van der Waals surface area contributed by atoms with Gasteiger partial charge in [0.1, 0.15) is 0 Å². The summed E-state index contributed by atoms with van der Waals surface area (Å²) in [5.74, 6) is 0.819. The molecule has 14 heavy (non-hydrogen) atoms. The Morgan fingerprint density at radius 1 is 1.07 bits per heavy atom. The van der Waals surface area contributed by atoms with Gasteiger partial charge in [-0.25, -0.2) is 5.48 Å². The number of hydrogen-bond acceptors (Lipinski definition) is 3. The molecule has 3 heteroatoms. The summed E-state index contributed by atoms with van der Waals surface area (Å²) in [4.78, 5) is 5.24. The number of hydrogen-bond donors (Lipinski definition) is 1. The van der Waals surface area contributed by atoms with Gasteiger partial charge in [-0.15, -0.1) is 0 Å². The van der Waals surface area contributed by atoms with Gasteiger partial charge in [0.2, 0.25) is 0 Å². The summed E-state index contributed by atoms with van der Waals surface area (Å²) in [7, 11) is 1.69. The van der Waals surface area contributed by atoms with Crippen molar-refractivity contribution in [2.24, 2.45) is 5.92 Å². The molecule has 0 amide bonds. The summed E-state index contributed by atoms with van der Waals surface area (Å²) in [5, 5.41) is 0. The van der Waals surface area contributed by atoms with E-state index in [1.165, 1.54) is 38.5 Å². The Morgan fingerprint density at radius 2 is 1.79 bits per heavy atom. The molecule has 1 aliphatic rings. The Kier molecular flexibility index (Phi) is 7.01. The minimum absolute atomic E-state index is 0.642. The van der Waals surface area contributed by atoms with E-state index in [-0.39, 0.29) is 0 Å². The summed E-state index contributed by atoms with van der Waals surface area (Å²) < 4.78 is 4.89. The highest BCUT2D eigenvalue weighted by Crippen LogP contribution is 2.21. The summed E-state index contributed by atoms with van der Waals surface area (Å²) in [6.07, 6.45) is 8.35. The molecule has 1 saturated carbocycles. The van der Waals surface area contributed by atoms with Crippen molar-refractivity contribution in [1.82, 2.24) is 5.48 Å². The van der Waals surface area contributed by atoms with E-state index >= 15 is 0 Å². The minimum Gasteiger partial charge on any atom is -0.382 e. The Bertz CT molecular complexity index is 122. The second-order valence-electron chi connectivity index (χ2n) is 4.05. The zero-order valence-electron chi connectivity index (χ0n) is 9.26. The van der Waals surface area contributed by atoms with E-state index in [0.29, 0.717) is 13.2 Å². The molecule has 0 aromatic rings. The molecule has 84 valence electrons. The average Bonchev–Trinajstić information content (AvgIpc) is 2.46. The van der Waals surface area contributed by atoms with Crippen LogP contribution in [-0.2, 0) is 9.57 Å². The predicted octanol–water partition coefficient (Wildman–Crippen LogP) is 2.12. The average molecular weight is 201 g/mol. The maximum atomic E-state index is 5.24. The summed E-state index contributed by atoms with van der Waals surface area (Å²) in [6.45, 7) is 2.31. The van der Waals surface area contributed by atoms with E-state index in [0.717, 1.165) is 12.5 Å². The van der Waals surface area contributed by atoms with Crippen molar-refractivity contribution in [2.75, 3.05) is 26.9 Å². The summed E-state index contributed by atoms with van der Waals surface area (Å²) >= 11 is 0. The summed E-state index contributed by atoms with van der Waals surface area (Å²) in [6, 6.07) is 0. The van der Waals surface area contributed by atoms with Gasteiger partial charge in [0, 0.05) is 13.7 Å². The quantitative estimate of drug-likeness (QED) is 0.405. The van der Waals surface area contributed by atoms with Gasteiger partial charge in [-0.2, -0.15) is 0 Å². The van der Waals surface area contributed by atoms with Crippen LogP contribution in [0.4, 0.5) is 0 Å². The summed E-state index contributed by atoms with van der Waals surface area (Å²) in [5.41, 5.74) is 3.04. The fourth-order valence-corrected chi connectivity index (χ4v) is 1.94. The van der Waals surface area contributed by atoms with Crippen LogP contribution in [-0.4, -0.2) is 26.9 Å². The fraction of sp³-hybridized carbons (Fsp3) is 1.00. The zero-order valence-corrected chi connectivity index (χ0v) is 9.26. The molecule has 1 aliphatic carbocycles. The van der Waals surface area contributed by atoms with Crippen LogP contribution in [0.15, 0.2) is 0 Å². The van der Waals surface area contributed by atoms with Crippen molar-refractivity contribution < 1.29 is 9.57 Å². The maximum absolute atomic E-state index is 5.24. The van der Waals surface area contributed by atoms with E-state index < -0.39 is 0 Å². The van der Waals surface area contributed by atoms with Crippen LogP contribution in [0, 0.1) is 5.92 Å². The number of rotatable bonds is 6. The van der Waals surface area contributed by atoms with Gasteiger partial charge >= 0.3 is 0 Å². The third-order valence-electron chi connectivity index (χ3n) is 2.84. The van der Waals surface area contributed by atoms with Crippen molar-refractivity contribution >= 4 is 0 Å². The van der Waals surface area contributed by atoms with Crippen LogP contribution >= 0.6 is 0 Å². The van der Waals surface area contributed by atoms with Crippen molar-refractivity contribution in [1.29, 1.82) is 0 Å². The molecule has 0 radical (unpaired) electrons. The van der Waals surface area contributed by atoms with E-state index in [9.17, 15) is 0 Å². The molecule has 0 aromatic heterocycles. The van der Waals surface area contributed by atoms with E-state index in [2.05, 4.69) is 5.48 Å². The van der Waals surface area contributed by atoms with Gasteiger partial charge in [-0.05, 0) is 18.8 Å².